The van der Waals surface area contributed by atoms with Gasteiger partial charge in [0.2, 0.25) is 5.91 Å². The van der Waals surface area contributed by atoms with Crippen LogP contribution in [0, 0.1) is 0 Å². The van der Waals surface area contributed by atoms with Gasteiger partial charge in [-0.3, -0.25) is 14.5 Å². The zero-order valence-electron chi connectivity index (χ0n) is 14.2. The topological polar surface area (TPSA) is 79.0 Å². The summed E-state index contributed by atoms with van der Waals surface area (Å²) in [7, 11) is 1.53. The molecule has 130 valence electrons. The van der Waals surface area contributed by atoms with E-state index in [1.165, 1.54) is 11.9 Å². The van der Waals surface area contributed by atoms with Gasteiger partial charge in [0.05, 0.1) is 6.10 Å². The van der Waals surface area contributed by atoms with Gasteiger partial charge in [0.25, 0.3) is 5.91 Å². The number of benzene rings is 1. The number of ether oxygens (including phenoxy) is 1. The first kappa shape index (κ1) is 17.8. The minimum atomic E-state index is -0.448. The van der Waals surface area contributed by atoms with Crippen molar-refractivity contribution in [1.29, 1.82) is 0 Å². The first-order chi connectivity index (χ1) is 11.4. The summed E-state index contributed by atoms with van der Waals surface area (Å²) in [6.07, 6.45) is 0.963. The van der Waals surface area contributed by atoms with Crippen LogP contribution in [-0.2, 0) is 16.1 Å². The Morgan fingerprint density at radius 3 is 2.67 bits per heavy atom. The Morgan fingerprint density at radius 1 is 1.33 bits per heavy atom. The maximum Gasteiger partial charge on any atom is 0.327 e. The molecule has 1 atom stereocenters. The summed E-state index contributed by atoms with van der Waals surface area (Å²) < 4.78 is 5.83. The number of rotatable bonds is 7. The van der Waals surface area contributed by atoms with E-state index in [2.05, 4.69) is 5.32 Å². The van der Waals surface area contributed by atoms with Crippen LogP contribution in [-0.4, -0.2) is 53.9 Å². The van der Waals surface area contributed by atoms with Gasteiger partial charge in [-0.05, 0) is 19.4 Å². The van der Waals surface area contributed by atoms with Gasteiger partial charge in [0.1, 0.15) is 18.8 Å². The summed E-state index contributed by atoms with van der Waals surface area (Å²) in [5.41, 5.74) is 0.849. The highest BCUT2D eigenvalue weighted by molar-refractivity contribution is 6.04. The lowest BCUT2D eigenvalue weighted by Crippen LogP contribution is -2.40. The molecule has 0 bridgehead atoms. The van der Waals surface area contributed by atoms with Gasteiger partial charge >= 0.3 is 6.03 Å². The lowest BCUT2D eigenvalue weighted by Gasteiger charge is -2.17. The van der Waals surface area contributed by atoms with Gasteiger partial charge in [-0.25, -0.2) is 4.79 Å². The van der Waals surface area contributed by atoms with Crippen molar-refractivity contribution in [3.05, 3.63) is 29.8 Å². The third-order valence-electron chi connectivity index (χ3n) is 3.88. The Bertz CT molecular complexity index is 632. The number of para-hydroxylation sites is 1. The Labute approximate surface area is 141 Å². The van der Waals surface area contributed by atoms with Crippen molar-refractivity contribution in [2.45, 2.75) is 32.9 Å². The highest BCUT2D eigenvalue weighted by Crippen LogP contribution is 2.20. The van der Waals surface area contributed by atoms with Crippen LogP contribution in [0.5, 0.6) is 5.75 Å². The molecule has 7 heteroatoms. The van der Waals surface area contributed by atoms with Crippen molar-refractivity contribution in [2.24, 2.45) is 0 Å². The Morgan fingerprint density at radius 2 is 2.04 bits per heavy atom. The molecule has 0 radical (unpaired) electrons. The van der Waals surface area contributed by atoms with E-state index in [4.69, 9.17) is 4.74 Å². The second kappa shape index (κ2) is 7.81. The standard InChI is InChI=1S/C17H23N3O4/c1-4-12(2)24-14-8-6-5-7-13(14)9-18-15(21)10-20-16(22)11-19(3)17(20)23/h5-8,12H,4,9-11H2,1-3H3,(H,18,21)/t12-/m0/s1. The highest BCUT2D eigenvalue weighted by atomic mass is 16.5. The number of carbonyl (C=O) groups is 3. The van der Waals surface area contributed by atoms with Crippen molar-refractivity contribution < 1.29 is 19.1 Å². The van der Waals surface area contributed by atoms with Crippen LogP contribution in [0.15, 0.2) is 24.3 Å². The van der Waals surface area contributed by atoms with Crippen molar-refractivity contribution in [3.63, 3.8) is 0 Å². The third-order valence-corrected chi connectivity index (χ3v) is 3.88. The number of imide groups is 1. The molecule has 1 N–H and O–H groups in total. The molecule has 0 aliphatic carbocycles. The van der Waals surface area contributed by atoms with Crippen molar-refractivity contribution in [2.75, 3.05) is 20.1 Å². The van der Waals surface area contributed by atoms with E-state index >= 15 is 0 Å². The second-order valence-corrected chi connectivity index (χ2v) is 5.84. The van der Waals surface area contributed by atoms with Gasteiger partial charge in [0.15, 0.2) is 0 Å². The monoisotopic (exact) mass is 333 g/mol. The summed E-state index contributed by atoms with van der Waals surface area (Å²) in [6.45, 7) is 4.04. The average molecular weight is 333 g/mol. The minimum absolute atomic E-state index is 0.0116. The number of carbonyl (C=O) groups excluding carboxylic acids is 3. The number of amides is 4. The summed E-state index contributed by atoms with van der Waals surface area (Å²) in [5.74, 6) is -0.0243. The van der Waals surface area contributed by atoms with E-state index in [9.17, 15) is 14.4 Å². The zero-order valence-corrected chi connectivity index (χ0v) is 14.2. The zero-order chi connectivity index (χ0) is 17.7. The number of hydrogen-bond donors (Lipinski definition) is 1. The van der Waals surface area contributed by atoms with Gasteiger partial charge < -0.3 is 15.0 Å². The number of nitrogens with zero attached hydrogens (tertiary/aromatic N) is 2. The summed E-state index contributed by atoms with van der Waals surface area (Å²) in [5, 5.41) is 2.73. The molecule has 0 aromatic heterocycles. The summed E-state index contributed by atoms with van der Waals surface area (Å²) >= 11 is 0. The van der Waals surface area contributed by atoms with Gasteiger partial charge in [-0.15, -0.1) is 0 Å². The largest absolute Gasteiger partial charge is 0.490 e. The molecule has 1 saturated heterocycles. The molecule has 4 amide bonds. The predicted molar refractivity (Wildman–Crippen MR) is 88.4 cm³/mol. The van der Waals surface area contributed by atoms with E-state index in [1.807, 2.05) is 38.1 Å². The molecule has 2 rings (SSSR count). The summed E-state index contributed by atoms with van der Waals surface area (Å²) in [6, 6.07) is 7.03. The quantitative estimate of drug-likeness (QED) is 0.765. The minimum Gasteiger partial charge on any atom is -0.490 e. The SMILES string of the molecule is CC[C@H](C)Oc1ccccc1CNC(=O)CN1C(=O)CN(C)C1=O. The molecule has 1 heterocycles. The van der Waals surface area contributed by atoms with Crippen LogP contribution in [0.4, 0.5) is 4.79 Å². The molecular weight excluding hydrogens is 310 g/mol. The van der Waals surface area contributed by atoms with Crippen LogP contribution in [0.1, 0.15) is 25.8 Å². The molecule has 7 nitrogen and oxygen atoms in total. The number of likely N-dealkylation sites (N-methyl/N-ethyl adjacent to an activating group) is 1. The van der Waals surface area contributed by atoms with Crippen LogP contribution in [0.2, 0.25) is 0 Å². The van der Waals surface area contributed by atoms with Crippen molar-refractivity contribution in [3.8, 4) is 5.75 Å². The molecule has 0 saturated carbocycles. The van der Waals surface area contributed by atoms with Crippen LogP contribution in [0.25, 0.3) is 0 Å². The molecule has 1 aliphatic rings. The number of urea groups is 1. The molecule has 1 aliphatic heterocycles. The van der Waals surface area contributed by atoms with Crippen LogP contribution < -0.4 is 10.1 Å². The molecule has 0 unspecified atom stereocenters. The third kappa shape index (κ3) is 4.24. The Balaban J connectivity index is 1.92. The first-order valence-corrected chi connectivity index (χ1v) is 7.99. The Hall–Kier alpha value is -2.57. The number of hydrogen-bond acceptors (Lipinski definition) is 4. The van der Waals surface area contributed by atoms with Gasteiger partial charge in [0, 0.05) is 19.2 Å². The van der Waals surface area contributed by atoms with Crippen molar-refractivity contribution in [1.82, 2.24) is 15.1 Å². The van der Waals surface area contributed by atoms with E-state index in [0.29, 0.717) is 0 Å². The van der Waals surface area contributed by atoms with Crippen molar-refractivity contribution >= 4 is 17.8 Å². The van der Waals surface area contributed by atoms with E-state index in [0.717, 1.165) is 22.6 Å². The van der Waals surface area contributed by atoms with Gasteiger partial charge in [-0.1, -0.05) is 25.1 Å². The fourth-order valence-electron chi connectivity index (χ4n) is 2.28. The first-order valence-electron chi connectivity index (χ1n) is 7.99. The molecular formula is C17H23N3O4. The molecule has 0 spiro atoms. The van der Waals surface area contributed by atoms with Gasteiger partial charge in [-0.2, -0.15) is 0 Å². The van der Waals surface area contributed by atoms with E-state index in [1.54, 1.807) is 0 Å². The van der Waals surface area contributed by atoms with E-state index in [-0.39, 0.29) is 37.6 Å². The van der Waals surface area contributed by atoms with Crippen LogP contribution in [0.3, 0.4) is 0 Å². The summed E-state index contributed by atoms with van der Waals surface area (Å²) in [4.78, 5) is 37.7. The Kier molecular flexibility index (Phi) is 5.78. The number of nitrogens with one attached hydrogen (secondary N) is 1. The fourth-order valence-corrected chi connectivity index (χ4v) is 2.28. The molecule has 24 heavy (non-hydrogen) atoms. The lowest BCUT2D eigenvalue weighted by atomic mass is 10.2. The predicted octanol–water partition coefficient (Wildman–Crippen LogP) is 1.37. The normalized spacial score (nSPS) is 15.6. The fraction of sp³-hybridized carbons (Fsp3) is 0.471. The van der Waals surface area contributed by atoms with E-state index < -0.39 is 6.03 Å². The van der Waals surface area contributed by atoms with Crippen LogP contribution >= 0.6 is 0 Å². The molecule has 1 aromatic rings. The average Bonchev–Trinajstić information content (AvgIpc) is 2.80. The highest BCUT2D eigenvalue weighted by Gasteiger charge is 2.34. The lowest BCUT2D eigenvalue weighted by molar-refractivity contribution is -0.130. The molecule has 1 aromatic carbocycles. The maximum atomic E-state index is 12.0. The second-order valence-electron chi connectivity index (χ2n) is 5.84. The molecule has 1 fully saturated rings. The maximum absolute atomic E-state index is 12.0. The smallest absolute Gasteiger partial charge is 0.327 e.